The molecule has 0 aromatic heterocycles. The molecule has 0 aliphatic heterocycles. The highest BCUT2D eigenvalue weighted by Crippen LogP contribution is 2.00. The van der Waals surface area contributed by atoms with Crippen molar-refractivity contribution in [3.63, 3.8) is 0 Å². The molecular formula is C6H12N2O4. The first-order valence-electron chi connectivity index (χ1n) is 3.45. The topological polar surface area (TPSA) is 74.0 Å². The number of methoxy groups -OCH3 is 1. The third kappa shape index (κ3) is 2.73. The molecule has 70 valence electrons. The third-order valence-corrected chi connectivity index (χ3v) is 1.29. The molecule has 0 spiro atoms. The molecule has 1 unspecified atom stereocenters. The maximum atomic E-state index is 10.9. The van der Waals surface area contributed by atoms with Gasteiger partial charge in [-0.1, -0.05) is 6.92 Å². The van der Waals surface area contributed by atoms with E-state index < -0.39 is 12.0 Å². The minimum absolute atomic E-state index is 0.186. The summed E-state index contributed by atoms with van der Waals surface area (Å²) in [6.45, 7) is 1.68. The molecule has 0 aromatic carbocycles. The number of carbonyl (C=O) groups is 1. The molecular weight excluding hydrogens is 164 g/mol. The molecule has 0 aliphatic carbocycles. The van der Waals surface area contributed by atoms with E-state index in [0.717, 1.165) is 0 Å². The standard InChI is InChI=1S/C6H12N2O4/c1-4-5(6(9)11-2)8(10)7-12-3/h5H,4H2,1-3H3/b8-7-. The highest BCUT2D eigenvalue weighted by atomic mass is 16.7. The van der Waals surface area contributed by atoms with Crippen LogP contribution in [0.3, 0.4) is 0 Å². The van der Waals surface area contributed by atoms with Gasteiger partial charge in [0, 0.05) is 6.42 Å². The van der Waals surface area contributed by atoms with Crippen molar-refractivity contribution < 1.29 is 19.2 Å². The average molecular weight is 176 g/mol. The van der Waals surface area contributed by atoms with Gasteiger partial charge in [-0.25, -0.2) is 4.79 Å². The first-order valence-corrected chi connectivity index (χ1v) is 3.45. The maximum Gasteiger partial charge on any atom is 0.379 e. The summed E-state index contributed by atoms with van der Waals surface area (Å²) in [5.74, 6) is -0.617. The van der Waals surface area contributed by atoms with E-state index in [-0.39, 0.29) is 4.86 Å². The van der Waals surface area contributed by atoms with E-state index >= 15 is 0 Å². The van der Waals surface area contributed by atoms with Crippen LogP contribution in [0.1, 0.15) is 13.3 Å². The zero-order valence-electron chi connectivity index (χ0n) is 7.31. The van der Waals surface area contributed by atoms with E-state index in [0.29, 0.717) is 6.42 Å². The van der Waals surface area contributed by atoms with Crippen molar-refractivity contribution in [3.8, 4) is 0 Å². The molecule has 6 nitrogen and oxygen atoms in total. The predicted molar refractivity (Wildman–Crippen MR) is 39.2 cm³/mol. The van der Waals surface area contributed by atoms with E-state index in [1.807, 2.05) is 0 Å². The van der Waals surface area contributed by atoms with Gasteiger partial charge in [-0.2, -0.15) is 0 Å². The molecule has 12 heavy (non-hydrogen) atoms. The van der Waals surface area contributed by atoms with Gasteiger partial charge in [0.1, 0.15) is 7.11 Å². The molecule has 0 fully saturated rings. The lowest BCUT2D eigenvalue weighted by atomic mass is 10.2. The first kappa shape index (κ1) is 10.7. The zero-order valence-corrected chi connectivity index (χ0v) is 7.31. The van der Waals surface area contributed by atoms with Gasteiger partial charge in [-0.3, -0.25) is 0 Å². The molecule has 0 radical (unpaired) electrons. The Bertz CT molecular complexity index is 180. The van der Waals surface area contributed by atoms with E-state index in [9.17, 15) is 10.0 Å². The van der Waals surface area contributed by atoms with E-state index in [2.05, 4.69) is 14.9 Å². The van der Waals surface area contributed by atoms with Crippen LogP contribution in [0.25, 0.3) is 0 Å². The molecule has 0 bridgehead atoms. The van der Waals surface area contributed by atoms with Gasteiger partial charge >= 0.3 is 5.97 Å². The highest BCUT2D eigenvalue weighted by molar-refractivity contribution is 5.73. The van der Waals surface area contributed by atoms with Gasteiger partial charge in [0.25, 0.3) is 6.04 Å². The zero-order chi connectivity index (χ0) is 9.56. The van der Waals surface area contributed by atoms with Crippen molar-refractivity contribution >= 4 is 5.97 Å². The van der Waals surface area contributed by atoms with Crippen molar-refractivity contribution in [1.82, 2.24) is 0 Å². The van der Waals surface area contributed by atoms with Gasteiger partial charge in [-0.15, -0.1) is 0 Å². The summed E-state index contributed by atoms with van der Waals surface area (Å²) < 4.78 is 4.37. The van der Waals surface area contributed by atoms with E-state index in [1.165, 1.54) is 14.2 Å². The number of ether oxygens (including phenoxy) is 1. The maximum absolute atomic E-state index is 10.9. The summed E-state index contributed by atoms with van der Waals surface area (Å²) >= 11 is 0. The second kappa shape index (κ2) is 5.34. The van der Waals surface area contributed by atoms with Gasteiger partial charge in [0.2, 0.25) is 5.28 Å². The Balaban J connectivity index is 4.33. The van der Waals surface area contributed by atoms with Crippen molar-refractivity contribution in [2.75, 3.05) is 14.2 Å². The molecule has 0 saturated heterocycles. The Hall–Kier alpha value is -1.33. The van der Waals surface area contributed by atoms with Crippen molar-refractivity contribution in [1.29, 1.82) is 0 Å². The fraction of sp³-hybridized carbons (Fsp3) is 0.833. The Morgan fingerprint density at radius 3 is 2.58 bits per heavy atom. The second-order valence-electron chi connectivity index (χ2n) is 2.01. The van der Waals surface area contributed by atoms with Crippen LogP contribution >= 0.6 is 0 Å². The van der Waals surface area contributed by atoms with Crippen LogP contribution in [0.5, 0.6) is 0 Å². The molecule has 0 aliphatic rings. The van der Waals surface area contributed by atoms with Crippen LogP contribution < -0.4 is 0 Å². The van der Waals surface area contributed by atoms with E-state index in [1.54, 1.807) is 6.92 Å². The van der Waals surface area contributed by atoms with Crippen LogP contribution in [0.2, 0.25) is 0 Å². The molecule has 0 amide bonds. The van der Waals surface area contributed by atoms with Gasteiger partial charge in [-0.05, 0) is 4.86 Å². The summed E-state index contributed by atoms with van der Waals surface area (Å²) in [5, 5.41) is 13.9. The van der Waals surface area contributed by atoms with Crippen LogP contribution in [0, 0.1) is 5.21 Å². The highest BCUT2D eigenvalue weighted by Gasteiger charge is 2.26. The Morgan fingerprint density at radius 1 is 1.67 bits per heavy atom. The number of hydrogen-bond donors (Lipinski definition) is 0. The lowest BCUT2D eigenvalue weighted by Gasteiger charge is -2.07. The normalized spacial score (nSPS) is 13.8. The van der Waals surface area contributed by atoms with E-state index in [4.69, 9.17) is 0 Å². The monoisotopic (exact) mass is 176 g/mol. The van der Waals surface area contributed by atoms with Crippen molar-refractivity contribution in [2.45, 2.75) is 19.4 Å². The SMILES string of the molecule is CCC(C(=O)OC)/[N+]([O-])=N/OC. The lowest BCUT2D eigenvalue weighted by molar-refractivity contribution is -0.582. The molecule has 0 aromatic rings. The molecule has 6 heteroatoms. The number of rotatable bonds is 4. The largest absolute Gasteiger partial charge is 0.597 e. The predicted octanol–water partition coefficient (Wildman–Crippen LogP) is 0.462. The van der Waals surface area contributed by atoms with Gasteiger partial charge < -0.3 is 14.8 Å². The fourth-order valence-electron chi connectivity index (χ4n) is 0.686. The molecule has 0 saturated carbocycles. The first-order chi connectivity index (χ1) is 5.67. The van der Waals surface area contributed by atoms with Crippen LogP contribution in [0.15, 0.2) is 5.28 Å². The Labute approximate surface area is 70.3 Å². The summed E-state index contributed by atoms with van der Waals surface area (Å²) in [6, 6.07) is -0.921. The van der Waals surface area contributed by atoms with Crippen molar-refractivity contribution in [2.24, 2.45) is 5.28 Å². The van der Waals surface area contributed by atoms with Crippen LogP contribution in [0.4, 0.5) is 0 Å². The summed E-state index contributed by atoms with van der Waals surface area (Å²) in [5.41, 5.74) is 0. The summed E-state index contributed by atoms with van der Waals surface area (Å²) in [7, 11) is 2.44. The smallest absolute Gasteiger partial charge is 0.379 e. The van der Waals surface area contributed by atoms with Crippen LogP contribution in [-0.4, -0.2) is 31.1 Å². The number of nitrogens with zero attached hydrogens (tertiary/aromatic N) is 2. The summed E-state index contributed by atoms with van der Waals surface area (Å²) in [6.07, 6.45) is 0.322. The summed E-state index contributed by atoms with van der Waals surface area (Å²) in [4.78, 5) is 15.3. The minimum Gasteiger partial charge on any atom is -0.597 e. The van der Waals surface area contributed by atoms with Gasteiger partial charge in [0.05, 0.1) is 7.11 Å². The van der Waals surface area contributed by atoms with Gasteiger partial charge in [0.15, 0.2) is 0 Å². The minimum atomic E-state index is -0.921. The third-order valence-electron chi connectivity index (χ3n) is 1.29. The molecule has 0 N–H and O–H groups in total. The number of carbonyl (C=O) groups excluding carboxylic acids is 1. The quantitative estimate of drug-likeness (QED) is 0.270. The number of esters is 1. The number of hydrogen-bond acceptors (Lipinski definition) is 5. The Kier molecular flexibility index (Phi) is 4.75. The lowest BCUT2D eigenvalue weighted by Crippen LogP contribution is -2.30. The molecule has 1 atom stereocenters. The molecule has 0 rings (SSSR count). The van der Waals surface area contributed by atoms with Crippen LogP contribution in [-0.2, 0) is 14.4 Å². The second-order valence-corrected chi connectivity index (χ2v) is 2.01. The number of hydroxylamine groups is 1. The Morgan fingerprint density at radius 2 is 2.25 bits per heavy atom. The molecule has 0 heterocycles. The fourth-order valence-corrected chi connectivity index (χ4v) is 0.686. The average Bonchev–Trinajstić information content (AvgIpc) is 2.06. The van der Waals surface area contributed by atoms with Crippen molar-refractivity contribution in [3.05, 3.63) is 5.21 Å².